The number of nitrogens with zero attached hydrogens (tertiary/aromatic N) is 1. The molecule has 0 aliphatic rings. The van der Waals surface area contributed by atoms with Crippen molar-refractivity contribution < 1.29 is 14.3 Å². The number of hydrogen-bond donors (Lipinski definition) is 1. The first-order valence-electron chi connectivity index (χ1n) is 9.64. The number of halogens is 2. The van der Waals surface area contributed by atoms with Crippen molar-refractivity contribution in [1.29, 1.82) is 5.26 Å². The molecule has 0 aromatic heterocycles. The quantitative estimate of drug-likeness (QED) is 0.321. The van der Waals surface area contributed by atoms with Crippen LogP contribution >= 0.6 is 23.2 Å². The van der Waals surface area contributed by atoms with Gasteiger partial charge in [0.05, 0.1) is 12.1 Å². The van der Waals surface area contributed by atoms with Crippen molar-refractivity contribution in [2.45, 2.75) is 13.5 Å². The molecule has 0 heterocycles. The van der Waals surface area contributed by atoms with Crippen LogP contribution in [0.25, 0.3) is 6.08 Å². The van der Waals surface area contributed by atoms with Gasteiger partial charge < -0.3 is 14.8 Å². The van der Waals surface area contributed by atoms with Crippen LogP contribution in [-0.2, 0) is 11.4 Å². The summed E-state index contributed by atoms with van der Waals surface area (Å²) < 4.78 is 11.3. The predicted octanol–water partition coefficient (Wildman–Crippen LogP) is 6.44. The number of rotatable bonds is 7. The van der Waals surface area contributed by atoms with E-state index in [2.05, 4.69) is 5.32 Å². The van der Waals surface area contributed by atoms with Crippen molar-refractivity contribution in [2.24, 2.45) is 0 Å². The number of hydrogen-bond acceptors (Lipinski definition) is 4. The number of amides is 1. The zero-order valence-electron chi connectivity index (χ0n) is 17.5. The molecule has 1 N–H and O–H groups in total. The lowest BCUT2D eigenvalue weighted by molar-refractivity contribution is -0.112. The first kappa shape index (κ1) is 23.2. The summed E-state index contributed by atoms with van der Waals surface area (Å²) in [5.74, 6) is 0.214. The van der Waals surface area contributed by atoms with E-state index in [9.17, 15) is 10.1 Å². The Labute approximate surface area is 196 Å². The number of anilines is 1. The number of aryl methyl sites for hydroxylation is 1. The van der Waals surface area contributed by atoms with Crippen LogP contribution in [-0.4, -0.2) is 13.0 Å². The number of carbonyl (C=O) groups is 1. The largest absolute Gasteiger partial charge is 0.493 e. The van der Waals surface area contributed by atoms with Crippen molar-refractivity contribution in [3.05, 3.63) is 93.0 Å². The summed E-state index contributed by atoms with van der Waals surface area (Å²) in [6.45, 7) is 2.16. The molecule has 0 atom stereocenters. The highest BCUT2D eigenvalue weighted by Crippen LogP contribution is 2.37. The second kappa shape index (κ2) is 10.7. The summed E-state index contributed by atoms with van der Waals surface area (Å²) in [5, 5.41) is 13.1. The molecule has 162 valence electrons. The minimum absolute atomic E-state index is 0.0720. The molecule has 3 aromatic rings. The lowest BCUT2D eigenvalue weighted by atomic mass is 10.1. The number of nitriles is 1. The molecule has 3 rings (SSSR count). The number of ether oxygens (including phenoxy) is 2. The minimum Gasteiger partial charge on any atom is -0.493 e. The molecule has 0 bridgehead atoms. The molecule has 0 fully saturated rings. The molecule has 7 heteroatoms. The molecule has 3 aromatic carbocycles. The third-order valence-electron chi connectivity index (χ3n) is 4.48. The van der Waals surface area contributed by atoms with E-state index in [-0.39, 0.29) is 17.2 Å². The Morgan fingerprint density at radius 2 is 1.91 bits per heavy atom. The molecule has 0 radical (unpaired) electrons. The molecule has 0 aliphatic carbocycles. The van der Waals surface area contributed by atoms with Gasteiger partial charge in [-0.05, 0) is 66.1 Å². The zero-order chi connectivity index (χ0) is 23.1. The number of nitrogens with one attached hydrogen (secondary N) is 1. The summed E-state index contributed by atoms with van der Waals surface area (Å²) in [7, 11) is 1.49. The fourth-order valence-electron chi connectivity index (χ4n) is 2.98. The summed E-state index contributed by atoms with van der Waals surface area (Å²) in [6.07, 6.45) is 1.44. The summed E-state index contributed by atoms with van der Waals surface area (Å²) in [4.78, 5) is 12.6. The Bertz CT molecular complexity index is 1220. The molecule has 0 aliphatic heterocycles. The van der Waals surface area contributed by atoms with Gasteiger partial charge >= 0.3 is 0 Å². The predicted molar refractivity (Wildman–Crippen MR) is 127 cm³/mol. The van der Waals surface area contributed by atoms with Crippen molar-refractivity contribution in [3.63, 3.8) is 0 Å². The van der Waals surface area contributed by atoms with Crippen LogP contribution in [0.15, 0.2) is 66.2 Å². The van der Waals surface area contributed by atoms with E-state index in [1.165, 1.54) is 13.2 Å². The first-order valence-corrected chi connectivity index (χ1v) is 10.4. The molecule has 0 saturated carbocycles. The maximum atomic E-state index is 12.6. The molecule has 32 heavy (non-hydrogen) atoms. The maximum Gasteiger partial charge on any atom is 0.266 e. The van der Waals surface area contributed by atoms with Crippen LogP contribution in [0.3, 0.4) is 0 Å². The van der Waals surface area contributed by atoms with E-state index in [1.807, 2.05) is 43.3 Å². The first-order chi connectivity index (χ1) is 15.4. The van der Waals surface area contributed by atoms with Gasteiger partial charge in [-0.3, -0.25) is 4.79 Å². The van der Waals surface area contributed by atoms with E-state index in [1.54, 1.807) is 30.3 Å². The van der Waals surface area contributed by atoms with Gasteiger partial charge in [0.1, 0.15) is 18.2 Å². The average Bonchev–Trinajstić information content (AvgIpc) is 2.76. The van der Waals surface area contributed by atoms with E-state index >= 15 is 0 Å². The highest BCUT2D eigenvalue weighted by Gasteiger charge is 2.15. The van der Waals surface area contributed by atoms with Crippen molar-refractivity contribution >= 4 is 40.9 Å². The van der Waals surface area contributed by atoms with Crippen molar-refractivity contribution in [1.82, 2.24) is 0 Å². The Balaban J connectivity index is 1.82. The van der Waals surface area contributed by atoms with Crippen LogP contribution in [0.5, 0.6) is 11.5 Å². The summed E-state index contributed by atoms with van der Waals surface area (Å²) in [6, 6.07) is 19.8. The minimum atomic E-state index is -0.519. The van der Waals surface area contributed by atoms with Gasteiger partial charge in [-0.15, -0.1) is 0 Å². The fourth-order valence-corrected chi connectivity index (χ4v) is 3.47. The lowest BCUT2D eigenvalue weighted by Gasteiger charge is -2.14. The highest BCUT2D eigenvalue weighted by molar-refractivity contribution is 6.32. The van der Waals surface area contributed by atoms with Crippen LogP contribution in [0.2, 0.25) is 10.0 Å². The monoisotopic (exact) mass is 466 g/mol. The maximum absolute atomic E-state index is 12.6. The zero-order valence-corrected chi connectivity index (χ0v) is 19.0. The summed E-state index contributed by atoms with van der Waals surface area (Å²) in [5.41, 5.74) is 2.93. The Morgan fingerprint density at radius 1 is 1.12 bits per heavy atom. The van der Waals surface area contributed by atoms with Gasteiger partial charge in [0.25, 0.3) is 5.91 Å². The molecule has 1 amide bonds. The molecular weight excluding hydrogens is 447 g/mol. The van der Waals surface area contributed by atoms with Gasteiger partial charge in [-0.2, -0.15) is 5.26 Å². The van der Waals surface area contributed by atoms with Crippen molar-refractivity contribution in [3.8, 4) is 17.6 Å². The van der Waals surface area contributed by atoms with Gasteiger partial charge in [0.15, 0.2) is 11.5 Å². The topological polar surface area (TPSA) is 71.3 Å². The third kappa shape index (κ3) is 6.04. The van der Waals surface area contributed by atoms with Crippen LogP contribution in [0, 0.1) is 18.3 Å². The van der Waals surface area contributed by atoms with Gasteiger partial charge in [0, 0.05) is 10.7 Å². The second-order valence-corrected chi connectivity index (χ2v) is 7.79. The third-order valence-corrected chi connectivity index (χ3v) is 4.99. The van der Waals surface area contributed by atoms with E-state index < -0.39 is 5.91 Å². The standard InChI is InChI=1S/C25H20Cl2N2O3/c1-16-5-3-8-21(9-16)29-25(30)19(14-28)10-18-12-22(27)24(23(13-18)31-2)32-15-17-6-4-7-20(26)11-17/h3-13H,15H2,1-2H3,(H,29,30)/b19-10+. The SMILES string of the molecule is COc1cc(/C=C(\C#N)C(=O)Nc2cccc(C)c2)cc(Cl)c1OCc1cccc(Cl)c1. The van der Waals surface area contributed by atoms with Crippen molar-refractivity contribution in [2.75, 3.05) is 12.4 Å². The molecule has 0 saturated heterocycles. The van der Waals surface area contributed by atoms with Crippen LogP contribution in [0.4, 0.5) is 5.69 Å². The molecular formula is C25H20Cl2N2O3. The lowest BCUT2D eigenvalue weighted by Crippen LogP contribution is -2.13. The number of carbonyl (C=O) groups excluding carboxylic acids is 1. The fraction of sp³-hybridized carbons (Fsp3) is 0.120. The Kier molecular flexibility index (Phi) is 7.77. The molecule has 0 unspecified atom stereocenters. The normalized spacial score (nSPS) is 10.9. The Hall–Kier alpha value is -3.46. The Morgan fingerprint density at radius 3 is 2.59 bits per heavy atom. The van der Waals surface area contributed by atoms with Gasteiger partial charge in [-0.25, -0.2) is 0 Å². The highest BCUT2D eigenvalue weighted by atomic mass is 35.5. The van der Waals surface area contributed by atoms with E-state index in [0.717, 1.165) is 11.1 Å². The molecule has 0 spiro atoms. The van der Waals surface area contributed by atoms with Crippen LogP contribution in [0.1, 0.15) is 16.7 Å². The number of benzene rings is 3. The van der Waals surface area contributed by atoms with Gasteiger partial charge in [0.2, 0.25) is 0 Å². The molecule has 5 nitrogen and oxygen atoms in total. The van der Waals surface area contributed by atoms with E-state index in [0.29, 0.717) is 27.8 Å². The second-order valence-electron chi connectivity index (χ2n) is 6.95. The van der Waals surface area contributed by atoms with Gasteiger partial charge in [-0.1, -0.05) is 47.5 Å². The summed E-state index contributed by atoms with van der Waals surface area (Å²) >= 11 is 12.4. The van der Waals surface area contributed by atoms with Crippen LogP contribution < -0.4 is 14.8 Å². The van der Waals surface area contributed by atoms with E-state index in [4.69, 9.17) is 32.7 Å². The number of methoxy groups -OCH3 is 1. The smallest absolute Gasteiger partial charge is 0.266 e. The average molecular weight is 467 g/mol.